The fraction of sp³-hybridized carbons (Fsp3) is 0.200. The maximum Gasteiger partial charge on any atom is 0.315 e. The molecule has 2 aromatic carbocycles. The van der Waals surface area contributed by atoms with Crippen LogP contribution in [-0.4, -0.2) is 24.2 Å². The highest BCUT2D eigenvalue weighted by Crippen LogP contribution is 2.37. The molecule has 0 amide bonds. The number of phenols is 1. The number of rotatable bonds is 6. The number of aromatic hydroxyl groups is 1. The van der Waals surface area contributed by atoms with E-state index in [1.807, 2.05) is 24.3 Å². The first-order valence-corrected chi connectivity index (χ1v) is 6.47. The lowest BCUT2D eigenvalue weighted by Gasteiger charge is -2.10. The molecular weight excluding hydrogens is 288 g/mol. The molecule has 2 aromatic rings. The summed E-state index contributed by atoms with van der Waals surface area (Å²) in [4.78, 5) is 10.3. The smallest absolute Gasteiger partial charge is 0.315 e. The predicted octanol–water partition coefficient (Wildman–Crippen LogP) is 2.93. The van der Waals surface area contributed by atoms with E-state index in [0.29, 0.717) is 17.9 Å². The number of methoxy groups -OCH3 is 2. The van der Waals surface area contributed by atoms with Crippen molar-refractivity contribution in [1.29, 1.82) is 0 Å². The second-order valence-electron chi connectivity index (χ2n) is 4.51. The van der Waals surface area contributed by atoms with Crippen molar-refractivity contribution >= 4 is 11.4 Å². The molecule has 0 atom stereocenters. The summed E-state index contributed by atoms with van der Waals surface area (Å²) in [5.74, 6) is 0.300. The molecule has 0 bridgehead atoms. The summed E-state index contributed by atoms with van der Waals surface area (Å²) >= 11 is 0. The van der Waals surface area contributed by atoms with Crippen LogP contribution in [0.15, 0.2) is 36.4 Å². The number of anilines is 1. The quantitative estimate of drug-likeness (QED) is 0.629. The molecule has 2 N–H and O–H groups in total. The highest BCUT2D eigenvalue weighted by molar-refractivity contribution is 5.58. The van der Waals surface area contributed by atoms with Gasteiger partial charge in [0.05, 0.1) is 19.1 Å². The van der Waals surface area contributed by atoms with Gasteiger partial charge in [0.1, 0.15) is 5.75 Å². The lowest BCUT2D eigenvalue weighted by atomic mass is 10.1. The van der Waals surface area contributed by atoms with Crippen LogP contribution in [-0.2, 0) is 6.54 Å². The minimum atomic E-state index is -0.646. The third-order valence-corrected chi connectivity index (χ3v) is 3.10. The minimum absolute atomic E-state index is 0.0663. The summed E-state index contributed by atoms with van der Waals surface area (Å²) in [6.07, 6.45) is 0. The molecule has 0 heterocycles. The third-order valence-electron chi connectivity index (χ3n) is 3.10. The van der Waals surface area contributed by atoms with Crippen molar-refractivity contribution in [3.63, 3.8) is 0 Å². The van der Waals surface area contributed by atoms with E-state index in [1.54, 1.807) is 13.2 Å². The van der Waals surface area contributed by atoms with Crippen molar-refractivity contribution in [3.8, 4) is 17.2 Å². The van der Waals surface area contributed by atoms with Gasteiger partial charge in [-0.3, -0.25) is 10.1 Å². The molecule has 22 heavy (non-hydrogen) atoms. The van der Waals surface area contributed by atoms with E-state index in [9.17, 15) is 15.2 Å². The SMILES string of the molecule is COc1cccc(NCc2cc(OC)c(O)c([N+](=O)[O-])c2)c1. The fourth-order valence-electron chi connectivity index (χ4n) is 1.98. The number of phenolic OH excluding ortho intramolecular Hbond substituents is 1. The normalized spacial score (nSPS) is 10.1. The molecule has 116 valence electrons. The molecule has 0 saturated heterocycles. The van der Waals surface area contributed by atoms with E-state index >= 15 is 0 Å². The van der Waals surface area contributed by atoms with Gasteiger partial charge in [0.2, 0.25) is 5.75 Å². The van der Waals surface area contributed by atoms with Gasteiger partial charge < -0.3 is 19.9 Å². The first kappa shape index (κ1) is 15.4. The van der Waals surface area contributed by atoms with Gasteiger partial charge in [-0.05, 0) is 23.8 Å². The highest BCUT2D eigenvalue weighted by Gasteiger charge is 2.19. The summed E-state index contributed by atoms with van der Waals surface area (Å²) < 4.78 is 10.1. The third kappa shape index (κ3) is 3.38. The number of benzene rings is 2. The number of nitrogens with one attached hydrogen (secondary N) is 1. The maximum atomic E-state index is 11.0. The molecule has 0 radical (unpaired) electrons. The van der Waals surface area contributed by atoms with Crippen molar-refractivity contribution in [2.24, 2.45) is 0 Å². The van der Waals surface area contributed by atoms with E-state index in [1.165, 1.54) is 13.2 Å². The monoisotopic (exact) mass is 304 g/mol. The molecule has 0 aliphatic carbocycles. The van der Waals surface area contributed by atoms with Gasteiger partial charge in [-0.1, -0.05) is 6.07 Å². The molecule has 0 fully saturated rings. The Hall–Kier alpha value is -2.96. The van der Waals surface area contributed by atoms with Crippen LogP contribution < -0.4 is 14.8 Å². The minimum Gasteiger partial charge on any atom is -0.500 e. The van der Waals surface area contributed by atoms with Gasteiger partial charge in [-0.2, -0.15) is 0 Å². The van der Waals surface area contributed by atoms with Crippen LogP contribution in [0.25, 0.3) is 0 Å². The highest BCUT2D eigenvalue weighted by atomic mass is 16.6. The van der Waals surface area contributed by atoms with Crippen molar-refractivity contribution in [2.75, 3.05) is 19.5 Å². The Labute approximate surface area is 127 Å². The van der Waals surface area contributed by atoms with E-state index in [-0.39, 0.29) is 11.4 Å². The van der Waals surface area contributed by atoms with Gasteiger partial charge in [-0.15, -0.1) is 0 Å². The molecule has 0 saturated carbocycles. The Kier molecular flexibility index (Phi) is 4.67. The van der Waals surface area contributed by atoms with E-state index in [0.717, 1.165) is 5.69 Å². The van der Waals surface area contributed by atoms with Gasteiger partial charge in [-0.25, -0.2) is 0 Å². The van der Waals surface area contributed by atoms with Gasteiger partial charge >= 0.3 is 5.69 Å². The van der Waals surface area contributed by atoms with Gasteiger partial charge in [0.25, 0.3) is 0 Å². The van der Waals surface area contributed by atoms with Crippen LogP contribution in [0.4, 0.5) is 11.4 Å². The molecule has 0 spiro atoms. The Balaban J connectivity index is 2.22. The lowest BCUT2D eigenvalue weighted by molar-refractivity contribution is -0.386. The second kappa shape index (κ2) is 6.66. The Morgan fingerprint density at radius 2 is 2.00 bits per heavy atom. The fourth-order valence-corrected chi connectivity index (χ4v) is 1.98. The molecular formula is C15H16N2O5. The van der Waals surface area contributed by atoms with Crippen LogP contribution in [0.5, 0.6) is 17.2 Å². The van der Waals surface area contributed by atoms with Crippen LogP contribution in [0.2, 0.25) is 0 Å². The molecule has 0 unspecified atom stereocenters. The number of hydrogen-bond donors (Lipinski definition) is 2. The number of nitro benzene ring substituents is 1. The van der Waals surface area contributed by atoms with Crippen molar-refractivity contribution < 1.29 is 19.5 Å². The summed E-state index contributed by atoms with van der Waals surface area (Å²) in [6, 6.07) is 10.2. The number of nitrogens with zero attached hydrogens (tertiary/aromatic N) is 1. The second-order valence-corrected chi connectivity index (χ2v) is 4.51. The van der Waals surface area contributed by atoms with Crippen molar-refractivity contribution in [2.45, 2.75) is 6.54 Å². The largest absolute Gasteiger partial charge is 0.500 e. The molecule has 7 heteroatoms. The average molecular weight is 304 g/mol. The lowest BCUT2D eigenvalue weighted by Crippen LogP contribution is -2.01. The summed E-state index contributed by atoms with van der Waals surface area (Å²) in [6.45, 7) is 0.338. The zero-order valence-electron chi connectivity index (χ0n) is 12.2. The van der Waals surface area contributed by atoms with E-state index in [4.69, 9.17) is 9.47 Å². The van der Waals surface area contributed by atoms with E-state index < -0.39 is 10.7 Å². The van der Waals surface area contributed by atoms with Crippen molar-refractivity contribution in [3.05, 3.63) is 52.1 Å². The summed E-state index contributed by atoms with van der Waals surface area (Å²) in [5, 5.41) is 23.8. The predicted molar refractivity (Wildman–Crippen MR) is 81.6 cm³/mol. The molecule has 0 aliphatic rings. The maximum absolute atomic E-state index is 11.0. The Morgan fingerprint density at radius 1 is 1.23 bits per heavy atom. The zero-order chi connectivity index (χ0) is 16.1. The number of ether oxygens (including phenoxy) is 2. The van der Waals surface area contributed by atoms with Crippen LogP contribution >= 0.6 is 0 Å². The van der Waals surface area contributed by atoms with Gasteiger partial charge in [0, 0.05) is 24.4 Å². The van der Waals surface area contributed by atoms with Crippen molar-refractivity contribution in [1.82, 2.24) is 0 Å². The Bertz CT molecular complexity index is 688. The number of hydrogen-bond acceptors (Lipinski definition) is 6. The summed E-state index contributed by atoms with van der Waals surface area (Å²) in [5.41, 5.74) is 1.04. The standard InChI is InChI=1S/C15H16N2O5/c1-21-12-5-3-4-11(8-12)16-9-10-6-13(17(19)20)15(18)14(7-10)22-2/h3-8,16,18H,9H2,1-2H3. The van der Waals surface area contributed by atoms with Crippen LogP contribution in [0.1, 0.15) is 5.56 Å². The molecule has 2 rings (SSSR count). The van der Waals surface area contributed by atoms with Crippen LogP contribution in [0.3, 0.4) is 0 Å². The zero-order valence-corrected chi connectivity index (χ0v) is 12.2. The Morgan fingerprint density at radius 3 is 2.64 bits per heavy atom. The topological polar surface area (TPSA) is 93.9 Å². The average Bonchev–Trinajstić information content (AvgIpc) is 2.53. The molecule has 0 aromatic heterocycles. The molecule has 0 aliphatic heterocycles. The number of nitro groups is 1. The molecule has 7 nitrogen and oxygen atoms in total. The van der Waals surface area contributed by atoms with Gasteiger partial charge in [0.15, 0.2) is 5.75 Å². The van der Waals surface area contributed by atoms with Crippen LogP contribution in [0, 0.1) is 10.1 Å². The first-order chi connectivity index (χ1) is 10.5. The summed E-state index contributed by atoms with van der Waals surface area (Å²) in [7, 11) is 2.92. The van der Waals surface area contributed by atoms with E-state index in [2.05, 4.69) is 5.32 Å². The first-order valence-electron chi connectivity index (χ1n) is 6.47.